The summed E-state index contributed by atoms with van der Waals surface area (Å²) in [4.78, 5) is 14.6. The van der Waals surface area contributed by atoms with Crippen LogP contribution in [0.5, 0.6) is 0 Å². The first kappa shape index (κ1) is 13.2. The Morgan fingerprint density at radius 2 is 2.15 bits per heavy atom. The lowest BCUT2D eigenvalue weighted by Gasteiger charge is -2.35. The quantitative estimate of drug-likeness (QED) is 0.921. The average Bonchev–Trinajstić information content (AvgIpc) is 3.01. The van der Waals surface area contributed by atoms with Gasteiger partial charge in [-0.05, 0) is 37.5 Å². The molecule has 1 aliphatic rings. The van der Waals surface area contributed by atoms with E-state index in [9.17, 15) is 4.79 Å². The van der Waals surface area contributed by atoms with Gasteiger partial charge in [0.2, 0.25) is 0 Å². The summed E-state index contributed by atoms with van der Waals surface area (Å²) in [5.74, 6) is -0.00472. The normalized spacial score (nSPS) is 19.1. The summed E-state index contributed by atoms with van der Waals surface area (Å²) in [7, 11) is 0. The molecule has 2 aromatic rings. The minimum atomic E-state index is -0.00472. The fraction of sp³-hybridized carbons (Fsp3) is 0.333. The highest BCUT2D eigenvalue weighted by molar-refractivity contribution is 6.33. The van der Waals surface area contributed by atoms with Crippen LogP contribution in [-0.2, 0) is 0 Å². The van der Waals surface area contributed by atoms with E-state index in [0.717, 1.165) is 31.5 Å². The van der Waals surface area contributed by atoms with Crippen LogP contribution in [0.15, 0.2) is 36.5 Å². The smallest absolute Gasteiger partial charge is 0.255 e. The number of aromatic nitrogens is 2. The van der Waals surface area contributed by atoms with Crippen LogP contribution in [0.4, 0.5) is 0 Å². The molecule has 0 bridgehead atoms. The Bertz CT molecular complexity index is 597. The molecule has 1 amide bonds. The van der Waals surface area contributed by atoms with Crippen LogP contribution in [0.25, 0.3) is 0 Å². The number of rotatable bonds is 2. The highest BCUT2D eigenvalue weighted by Gasteiger charge is 2.30. The molecule has 1 aromatic heterocycles. The van der Waals surface area contributed by atoms with Gasteiger partial charge in [0.25, 0.3) is 5.91 Å². The Labute approximate surface area is 122 Å². The average molecular weight is 290 g/mol. The van der Waals surface area contributed by atoms with Crippen LogP contribution in [0.2, 0.25) is 5.02 Å². The van der Waals surface area contributed by atoms with E-state index in [4.69, 9.17) is 11.6 Å². The molecule has 1 N–H and O–H groups in total. The van der Waals surface area contributed by atoms with Gasteiger partial charge in [0.1, 0.15) is 0 Å². The van der Waals surface area contributed by atoms with Crippen molar-refractivity contribution < 1.29 is 4.79 Å². The molecule has 0 radical (unpaired) electrons. The second kappa shape index (κ2) is 5.67. The van der Waals surface area contributed by atoms with Crippen molar-refractivity contribution in [2.75, 3.05) is 6.54 Å². The van der Waals surface area contributed by atoms with Gasteiger partial charge in [-0.1, -0.05) is 23.7 Å². The second-order valence-electron chi connectivity index (χ2n) is 5.00. The number of nitrogens with one attached hydrogen (secondary N) is 1. The molecule has 0 spiro atoms. The number of hydrogen-bond donors (Lipinski definition) is 1. The summed E-state index contributed by atoms with van der Waals surface area (Å²) >= 11 is 6.14. The number of carbonyl (C=O) groups excluding carboxylic acids is 1. The lowest BCUT2D eigenvalue weighted by molar-refractivity contribution is 0.0606. The molecule has 1 aliphatic heterocycles. The second-order valence-corrected chi connectivity index (χ2v) is 5.41. The number of piperidine rings is 1. The molecular formula is C15H16ClN3O. The van der Waals surface area contributed by atoms with Gasteiger partial charge in [-0.2, -0.15) is 5.10 Å². The first-order chi connectivity index (χ1) is 9.77. The van der Waals surface area contributed by atoms with Crippen molar-refractivity contribution in [3.05, 3.63) is 52.8 Å². The van der Waals surface area contributed by atoms with Crippen LogP contribution in [0.1, 0.15) is 41.4 Å². The number of halogens is 1. The zero-order valence-electron chi connectivity index (χ0n) is 11.1. The minimum absolute atomic E-state index is 0.00472. The van der Waals surface area contributed by atoms with Gasteiger partial charge in [-0.3, -0.25) is 9.89 Å². The van der Waals surface area contributed by atoms with Crippen molar-refractivity contribution >= 4 is 17.5 Å². The standard InChI is InChI=1S/C15H16ClN3O/c16-12-6-2-1-5-11(12)15(20)19-10-4-3-7-14(19)13-8-9-17-18-13/h1-2,5-6,8-9,14H,3-4,7,10H2,(H,17,18). The Morgan fingerprint density at radius 1 is 1.30 bits per heavy atom. The number of aromatic amines is 1. The summed E-state index contributed by atoms with van der Waals surface area (Å²) in [6, 6.07) is 9.21. The topological polar surface area (TPSA) is 49.0 Å². The molecule has 1 fully saturated rings. The Balaban J connectivity index is 1.90. The van der Waals surface area contributed by atoms with E-state index in [0.29, 0.717) is 10.6 Å². The SMILES string of the molecule is O=C(c1ccccc1Cl)N1CCCCC1c1ccn[nH]1. The van der Waals surface area contributed by atoms with Gasteiger partial charge in [0.05, 0.1) is 22.3 Å². The number of carbonyl (C=O) groups is 1. The summed E-state index contributed by atoms with van der Waals surface area (Å²) < 4.78 is 0. The Hall–Kier alpha value is -1.81. The Kier molecular flexibility index (Phi) is 3.74. The number of benzene rings is 1. The van der Waals surface area contributed by atoms with Crippen molar-refractivity contribution in [3.63, 3.8) is 0 Å². The molecule has 1 unspecified atom stereocenters. The lowest BCUT2D eigenvalue weighted by atomic mass is 9.98. The molecule has 2 heterocycles. The lowest BCUT2D eigenvalue weighted by Crippen LogP contribution is -2.38. The van der Waals surface area contributed by atoms with Crippen molar-refractivity contribution in [3.8, 4) is 0 Å². The fourth-order valence-corrected chi connectivity index (χ4v) is 2.96. The van der Waals surface area contributed by atoms with Gasteiger partial charge in [0.15, 0.2) is 0 Å². The predicted molar refractivity (Wildman–Crippen MR) is 77.7 cm³/mol. The van der Waals surface area contributed by atoms with Gasteiger partial charge >= 0.3 is 0 Å². The molecule has 5 heteroatoms. The molecule has 104 valence electrons. The van der Waals surface area contributed by atoms with Crippen molar-refractivity contribution in [2.45, 2.75) is 25.3 Å². The molecular weight excluding hydrogens is 274 g/mol. The maximum absolute atomic E-state index is 12.7. The van der Waals surface area contributed by atoms with E-state index in [1.54, 1.807) is 18.3 Å². The minimum Gasteiger partial charge on any atom is -0.330 e. The number of H-pyrrole nitrogens is 1. The van der Waals surface area contributed by atoms with Gasteiger partial charge in [-0.15, -0.1) is 0 Å². The molecule has 1 aromatic carbocycles. The molecule has 20 heavy (non-hydrogen) atoms. The zero-order chi connectivity index (χ0) is 13.9. The highest BCUT2D eigenvalue weighted by Crippen LogP contribution is 2.31. The molecule has 0 saturated carbocycles. The van der Waals surface area contributed by atoms with E-state index in [2.05, 4.69) is 10.2 Å². The third kappa shape index (κ3) is 2.43. The monoisotopic (exact) mass is 289 g/mol. The number of likely N-dealkylation sites (tertiary alicyclic amines) is 1. The van der Waals surface area contributed by atoms with E-state index < -0.39 is 0 Å². The van der Waals surface area contributed by atoms with E-state index in [1.807, 2.05) is 23.1 Å². The molecule has 1 atom stereocenters. The van der Waals surface area contributed by atoms with Crippen molar-refractivity contribution in [2.24, 2.45) is 0 Å². The molecule has 3 rings (SSSR count). The van der Waals surface area contributed by atoms with Crippen molar-refractivity contribution in [1.29, 1.82) is 0 Å². The van der Waals surface area contributed by atoms with E-state index in [-0.39, 0.29) is 11.9 Å². The van der Waals surface area contributed by atoms with E-state index >= 15 is 0 Å². The van der Waals surface area contributed by atoms with Crippen LogP contribution >= 0.6 is 11.6 Å². The van der Waals surface area contributed by atoms with Crippen LogP contribution in [0, 0.1) is 0 Å². The van der Waals surface area contributed by atoms with Gasteiger partial charge in [0, 0.05) is 12.7 Å². The number of nitrogens with zero attached hydrogens (tertiary/aromatic N) is 2. The number of hydrogen-bond acceptors (Lipinski definition) is 2. The summed E-state index contributed by atoms with van der Waals surface area (Å²) in [6.45, 7) is 0.758. The largest absolute Gasteiger partial charge is 0.330 e. The van der Waals surface area contributed by atoms with Gasteiger partial charge < -0.3 is 4.90 Å². The third-order valence-corrected chi connectivity index (χ3v) is 4.08. The number of amides is 1. The summed E-state index contributed by atoms with van der Waals surface area (Å²) in [5.41, 5.74) is 1.56. The maximum Gasteiger partial charge on any atom is 0.255 e. The Morgan fingerprint density at radius 3 is 2.90 bits per heavy atom. The summed E-state index contributed by atoms with van der Waals surface area (Å²) in [6.07, 6.45) is 4.83. The first-order valence-corrected chi connectivity index (χ1v) is 7.20. The molecule has 4 nitrogen and oxygen atoms in total. The summed E-state index contributed by atoms with van der Waals surface area (Å²) in [5, 5.41) is 7.48. The maximum atomic E-state index is 12.7. The zero-order valence-corrected chi connectivity index (χ0v) is 11.8. The van der Waals surface area contributed by atoms with Crippen LogP contribution < -0.4 is 0 Å². The first-order valence-electron chi connectivity index (χ1n) is 6.82. The molecule has 1 saturated heterocycles. The van der Waals surface area contributed by atoms with Crippen molar-refractivity contribution in [1.82, 2.24) is 15.1 Å². The van der Waals surface area contributed by atoms with Crippen LogP contribution in [0.3, 0.4) is 0 Å². The third-order valence-electron chi connectivity index (χ3n) is 3.75. The predicted octanol–water partition coefficient (Wildman–Crippen LogP) is 3.43. The van der Waals surface area contributed by atoms with Crippen LogP contribution in [-0.4, -0.2) is 27.5 Å². The molecule has 0 aliphatic carbocycles. The van der Waals surface area contributed by atoms with E-state index in [1.165, 1.54) is 0 Å². The van der Waals surface area contributed by atoms with Gasteiger partial charge in [-0.25, -0.2) is 0 Å². The highest BCUT2D eigenvalue weighted by atomic mass is 35.5. The fourth-order valence-electron chi connectivity index (χ4n) is 2.74.